The lowest BCUT2D eigenvalue weighted by Gasteiger charge is -2.24. The molecule has 1 aromatic heterocycles. The molecule has 0 aromatic carbocycles. The van der Waals surface area contributed by atoms with Crippen molar-refractivity contribution < 1.29 is 9.90 Å². The topological polar surface area (TPSA) is 53.4 Å². The predicted molar refractivity (Wildman–Crippen MR) is 55.1 cm³/mol. The van der Waals surface area contributed by atoms with Gasteiger partial charge in [0.05, 0.1) is 5.69 Å². The lowest BCUT2D eigenvalue weighted by molar-refractivity contribution is 0.154. The van der Waals surface area contributed by atoms with Crippen LogP contribution in [0.15, 0.2) is 48.8 Å². The Morgan fingerprint density at radius 2 is 2.27 bits per heavy atom. The first-order chi connectivity index (χ1) is 7.29. The van der Waals surface area contributed by atoms with E-state index < -0.39 is 6.09 Å². The van der Waals surface area contributed by atoms with E-state index in [1.54, 1.807) is 24.4 Å². The number of carbonyl (C=O) groups is 1. The van der Waals surface area contributed by atoms with Crippen LogP contribution >= 0.6 is 0 Å². The molecule has 15 heavy (non-hydrogen) atoms. The van der Waals surface area contributed by atoms with Crippen molar-refractivity contribution in [1.82, 2.24) is 9.88 Å². The summed E-state index contributed by atoms with van der Waals surface area (Å²) in [5.74, 6) is 0. The highest BCUT2D eigenvalue weighted by Crippen LogP contribution is 2.23. The second-order valence-corrected chi connectivity index (χ2v) is 3.12. The van der Waals surface area contributed by atoms with Gasteiger partial charge in [-0.3, -0.25) is 9.88 Å². The third-order valence-electron chi connectivity index (χ3n) is 2.16. The van der Waals surface area contributed by atoms with Crippen molar-refractivity contribution in [3.05, 3.63) is 54.5 Å². The van der Waals surface area contributed by atoms with E-state index >= 15 is 0 Å². The molecule has 0 spiro atoms. The van der Waals surface area contributed by atoms with Crippen LogP contribution in [0.25, 0.3) is 0 Å². The number of nitrogens with zero attached hydrogens (tertiary/aromatic N) is 2. The van der Waals surface area contributed by atoms with Crippen LogP contribution < -0.4 is 0 Å². The largest absolute Gasteiger partial charge is 0.465 e. The van der Waals surface area contributed by atoms with Crippen molar-refractivity contribution in [3.8, 4) is 0 Å². The van der Waals surface area contributed by atoms with Gasteiger partial charge in [-0.25, -0.2) is 4.79 Å². The molecular weight excluding hydrogens is 192 g/mol. The monoisotopic (exact) mass is 202 g/mol. The summed E-state index contributed by atoms with van der Waals surface area (Å²) in [5.41, 5.74) is 0.723. The Morgan fingerprint density at radius 1 is 1.40 bits per heavy atom. The third kappa shape index (κ3) is 1.88. The lowest BCUT2D eigenvalue weighted by Crippen LogP contribution is -2.29. The number of amides is 1. The van der Waals surface area contributed by atoms with Crippen molar-refractivity contribution in [2.75, 3.05) is 0 Å². The van der Waals surface area contributed by atoms with E-state index in [4.69, 9.17) is 5.11 Å². The predicted octanol–water partition coefficient (Wildman–Crippen LogP) is 2.19. The van der Waals surface area contributed by atoms with Gasteiger partial charge < -0.3 is 5.11 Å². The fraction of sp³-hybridized carbons (Fsp3) is 0.0909. The van der Waals surface area contributed by atoms with E-state index in [1.165, 1.54) is 11.1 Å². The van der Waals surface area contributed by atoms with Gasteiger partial charge in [-0.1, -0.05) is 18.2 Å². The first kappa shape index (κ1) is 9.45. The highest BCUT2D eigenvalue weighted by molar-refractivity contribution is 5.68. The molecule has 4 nitrogen and oxygen atoms in total. The van der Waals surface area contributed by atoms with E-state index in [0.29, 0.717) is 0 Å². The molecule has 0 saturated carbocycles. The van der Waals surface area contributed by atoms with Crippen LogP contribution in [0.1, 0.15) is 11.7 Å². The second-order valence-electron chi connectivity index (χ2n) is 3.12. The number of carboxylic acid groups (broad SMARTS) is 1. The van der Waals surface area contributed by atoms with Crippen LogP contribution in [0.2, 0.25) is 0 Å². The van der Waals surface area contributed by atoms with Crippen molar-refractivity contribution >= 4 is 6.09 Å². The van der Waals surface area contributed by atoms with Crippen LogP contribution in [-0.4, -0.2) is 21.1 Å². The molecule has 2 heterocycles. The number of hydrogen-bond acceptors (Lipinski definition) is 2. The van der Waals surface area contributed by atoms with Gasteiger partial charge >= 0.3 is 6.09 Å². The Morgan fingerprint density at radius 3 is 2.93 bits per heavy atom. The van der Waals surface area contributed by atoms with Crippen LogP contribution in [0.5, 0.6) is 0 Å². The zero-order valence-corrected chi connectivity index (χ0v) is 7.95. The summed E-state index contributed by atoms with van der Waals surface area (Å²) in [5, 5.41) is 8.98. The minimum absolute atomic E-state index is 0.325. The normalized spacial score (nSPS) is 19.2. The Hall–Kier alpha value is -2.10. The molecule has 1 amide bonds. The quantitative estimate of drug-likeness (QED) is 0.759. The molecule has 4 heteroatoms. The first-order valence-corrected chi connectivity index (χ1v) is 4.56. The Labute approximate surface area is 87.2 Å². The summed E-state index contributed by atoms with van der Waals surface area (Å²) in [6, 6.07) is 5.13. The Bertz CT molecular complexity index is 412. The standard InChI is InChI=1S/C11H10N2O2/c14-11(15)13-8-4-2-6-10(13)9-5-1-3-7-12-9/h1-8,10H,(H,14,15). The van der Waals surface area contributed by atoms with Crippen LogP contribution in [0.3, 0.4) is 0 Å². The summed E-state index contributed by atoms with van der Waals surface area (Å²) in [6.07, 6.45) is 7.51. The first-order valence-electron chi connectivity index (χ1n) is 4.56. The maximum Gasteiger partial charge on any atom is 0.412 e. The second kappa shape index (κ2) is 3.96. The van der Waals surface area contributed by atoms with Gasteiger partial charge in [0.1, 0.15) is 6.04 Å². The molecule has 1 aliphatic rings. The van der Waals surface area contributed by atoms with Crippen LogP contribution in [0, 0.1) is 0 Å². The highest BCUT2D eigenvalue weighted by atomic mass is 16.4. The van der Waals surface area contributed by atoms with E-state index in [-0.39, 0.29) is 6.04 Å². The summed E-state index contributed by atoms with van der Waals surface area (Å²) in [6.45, 7) is 0. The van der Waals surface area contributed by atoms with Crippen LogP contribution in [0.4, 0.5) is 4.79 Å². The van der Waals surface area contributed by atoms with Gasteiger partial charge in [-0.05, 0) is 18.2 Å². The summed E-state index contributed by atoms with van der Waals surface area (Å²) in [7, 11) is 0. The molecule has 1 aliphatic heterocycles. The Balaban J connectivity index is 2.32. The van der Waals surface area contributed by atoms with Gasteiger partial charge in [-0.15, -0.1) is 0 Å². The smallest absolute Gasteiger partial charge is 0.412 e. The molecule has 1 aromatic rings. The van der Waals surface area contributed by atoms with Crippen molar-refractivity contribution in [3.63, 3.8) is 0 Å². The number of allylic oxidation sites excluding steroid dienone is 2. The number of aromatic nitrogens is 1. The van der Waals surface area contributed by atoms with Gasteiger partial charge in [0.2, 0.25) is 0 Å². The van der Waals surface area contributed by atoms with Gasteiger partial charge in [0.25, 0.3) is 0 Å². The molecule has 0 aliphatic carbocycles. The zero-order valence-electron chi connectivity index (χ0n) is 7.95. The van der Waals surface area contributed by atoms with E-state index in [1.807, 2.05) is 18.2 Å². The molecular formula is C11H10N2O2. The number of hydrogen-bond donors (Lipinski definition) is 1. The van der Waals surface area contributed by atoms with E-state index in [0.717, 1.165) is 5.69 Å². The van der Waals surface area contributed by atoms with Crippen molar-refractivity contribution in [2.24, 2.45) is 0 Å². The van der Waals surface area contributed by atoms with Crippen LogP contribution in [-0.2, 0) is 0 Å². The van der Waals surface area contributed by atoms with Crippen molar-refractivity contribution in [2.45, 2.75) is 6.04 Å². The molecule has 0 fully saturated rings. The third-order valence-corrected chi connectivity index (χ3v) is 2.16. The maximum atomic E-state index is 11.0. The fourth-order valence-electron chi connectivity index (χ4n) is 1.47. The summed E-state index contributed by atoms with van der Waals surface area (Å²) < 4.78 is 0. The molecule has 0 saturated heterocycles. The zero-order chi connectivity index (χ0) is 10.7. The minimum atomic E-state index is -0.980. The van der Waals surface area contributed by atoms with Gasteiger partial charge in [0, 0.05) is 12.4 Å². The molecule has 2 rings (SSSR count). The fourth-order valence-corrected chi connectivity index (χ4v) is 1.47. The molecule has 0 radical (unpaired) electrons. The van der Waals surface area contributed by atoms with E-state index in [9.17, 15) is 4.79 Å². The SMILES string of the molecule is O=C(O)N1C=CC=CC1c1ccccn1. The van der Waals surface area contributed by atoms with Crippen molar-refractivity contribution in [1.29, 1.82) is 0 Å². The average Bonchev–Trinajstić information content (AvgIpc) is 2.30. The van der Waals surface area contributed by atoms with Gasteiger partial charge in [0.15, 0.2) is 0 Å². The molecule has 1 atom stereocenters. The maximum absolute atomic E-state index is 11.0. The number of rotatable bonds is 1. The minimum Gasteiger partial charge on any atom is -0.465 e. The molecule has 76 valence electrons. The summed E-state index contributed by atoms with van der Waals surface area (Å²) in [4.78, 5) is 16.3. The summed E-state index contributed by atoms with van der Waals surface area (Å²) >= 11 is 0. The number of pyridine rings is 1. The molecule has 1 unspecified atom stereocenters. The molecule has 1 N–H and O–H groups in total. The van der Waals surface area contributed by atoms with E-state index in [2.05, 4.69) is 4.98 Å². The lowest BCUT2D eigenvalue weighted by atomic mass is 10.1. The highest BCUT2D eigenvalue weighted by Gasteiger charge is 2.22. The Kier molecular flexibility index (Phi) is 2.49. The average molecular weight is 202 g/mol. The van der Waals surface area contributed by atoms with Gasteiger partial charge in [-0.2, -0.15) is 0 Å². The molecule has 0 bridgehead atoms.